The lowest BCUT2D eigenvalue weighted by molar-refractivity contribution is -0.147. The van der Waals surface area contributed by atoms with Gasteiger partial charge < -0.3 is 14.9 Å². The summed E-state index contributed by atoms with van der Waals surface area (Å²) in [5.74, 6) is -2.21. The minimum Gasteiger partial charge on any atom is -0.479 e. The van der Waals surface area contributed by atoms with Crippen molar-refractivity contribution in [3.05, 3.63) is 29.3 Å². The van der Waals surface area contributed by atoms with Gasteiger partial charge >= 0.3 is 12.6 Å². The number of aliphatic carboxylic acids is 1. The van der Waals surface area contributed by atoms with Gasteiger partial charge in [0.25, 0.3) is 0 Å². The third-order valence-corrected chi connectivity index (χ3v) is 2.27. The maximum absolute atomic E-state index is 12.2. The fraction of sp³-hybridized carbons (Fsp3) is 0.333. The highest BCUT2D eigenvalue weighted by molar-refractivity contribution is 5.79. The highest BCUT2D eigenvalue weighted by atomic mass is 19.3. The first kappa shape index (κ1) is 15.0. The average molecular weight is 274 g/mol. The lowest BCUT2D eigenvalue weighted by atomic mass is 10.0. The second kappa shape index (κ2) is 6.24. The third-order valence-electron chi connectivity index (χ3n) is 2.27. The van der Waals surface area contributed by atoms with Crippen LogP contribution >= 0.6 is 0 Å². The molecular weight excluding hydrogens is 262 g/mol. The highest BCUT2D eigenvalue weighted by Gasteiger charge is 2.22. The van der Waals surface area contributed by atoms with E-state index in [1.54, 1.807) is 0 Å². The molecule has 0 saturated heterocycles. The molecule has 5 nitrogen and oxygen atoms in total. The Morgan fingerprint density at radius 3 is 2.47 bits per heavy atom. The number of ether oxygens (including phenoxy) is 1. The molecule has 0 radical (unpaired) electrons. The molecule has 0 bridgehead atoms. The van der Waals surface area contributed by atoms with Crippen LogP contribution in [0.1, 0.15) is 24.2 Å². The van der Waals surface area contributed by atoms with Crippen LogP contribution in [0.15, 0.2) is 18.2 Å². The minimum absolute atomic E-state index is 0.00823. The molecule has 0 aliphatic rings. The molecule has 0 aliphatic carbocycles. The van der Waals surface area contributed by atoms with Crippen molar-refractivity contribution in [1.29, 1.82) is 0 Å². The molecule has 1 unspecified atom stereocenters. The van der Waals surface area contributed by atoms with E-state index in [0.717, 1.165) is 12.1 Å². The standard InChI is InChI=1S/C12H12F2O5/c1-6(15)4-7-2-3-9(19-12(13)14)8(5-7)10(16)11(17)18/h2-3,5,10,12,16H,4H2,1H3,(H,17,18). The summed E-state index contributed by atoms with van der Waals surface area (Å²) in [6, 6.07) is 3.63. The number of alkyl halides is 2. The van der Waals surface area contributed by atoms with Crippen LogP contribution in [0.3, 0.4) is 0 Å². The smallest absolute Gasteiger partial charge is 0.387 e. The van der Waals surface area contributed by atoms with E-state index in [-0.39, 0.29) is 17.8 Å². The SMILES string of the molecule is CC(=O)Cc1ccc(OC(F)F)c(C(O)C(=O)O)c1. The number of carboxylic acids is 1. The van der Waals surface area contributed by atoms with E-state index in [9.17, 15) is 23.5 Å². The number of carboxylic acid groups (broad SMARTS) is 1. The van der Waals surface area contributed by atoms with Crippen molar-refractivity contribution in [2.45, 2.75) is 26.1 Å². The number of rotatable bonds is 6. The van der Waals surface area contributed by atoms with Gasteiger partial charge in [0.15, 0.2) is 6.10 Å². The van der Waals surface area contributed by atoms with Gasteiger partial charge in [-0.15, -0.1) is 0 Å². The van der Waals surface area contributed by atoms with Crippen LogP contribution in [-0.2, 0) is 16.0 Å². The lowest BCUT2D eigenvalue weighted by Crippen LogP contribution is -2.14. The van der Waals surface area contributed by atoms with Crippen LogP contribution in [0, 0.1) is 0 Å². The van der Waals surface area contributed by atoms with Crippen molar-refractivity contribution in [3.63, 3.8) is 0 Å². The molecule has 0 amide bonds. The van der Waals surface area contributed by atoms with Crippen LogP contribution in [0.4, 0.5) is 8.78 Å². The molecule has 2 N–H and O–H groups in total. The van der Waals surface area contributed by atoms with Gasteiger partial charge in [0.2, 0.25) is 0 Å². The number of aliphatic hydroxyl groups excluding tert-OH is 1. The Morgan fingerprint density at radius 2 is 2.00 bits per heavy atom. The lowest BCUT2D eigenvalue weighted by Gasteiger charge is -2.14. The van der Waals surface area contributed by atoms with E-state index in [2.05, 4.69) is 4.74 Å². The van der Waals surface area contributed by atoms with Gasteiger partial charge in [0.05, 0.1) is 0 Å². The maximum Gasteiger partial charge on any atom is 0.387 e. The van der Waals surface area contributed by atoms with Gasteiger partial charge in [0.1, 0.15) is 11.5 Å². The molecule has 0 aromatic heterocycles. The molecule has 1 aromatic rings. The van der Waals surface area contributed by atoms with Crippen molar-refractivity contribution in [2.24, 2.45) is 0 Å². The number of benzene rings is 1. The van der Waals surface area contributed by atoms with E-state index in [4.69, 9.17) is 5.11 Å². The van der Waals surface area contributed by atoms with Crippen molar-refractivity contribution in [3.8, 4) is 5.75 Å². The number of carbonyl (C=O) groups is 2. The van der Waals surface area contributed by atoms with E-state index >= 15 is 0 Å². The van der Waals surface area contributed by atoms with Gasteiger partial charge in [-0.2, -0.15) is 8.78 Å². The number of halogens is 2. The summed E-state index contributed by atoms with van der Waals surface area (Å²) >= 11 is 0. The molecule has 0 heterocycles. The molecule has 1 aromatic carbocycles. The first-order valence-corrected chi connectivity index (χ1v) is 5.29. The highest BCUT2D eigenvalue weighted by Crippen LogP contribution is 2.28. The Hall–Kier alpha value is -2.02. The van der Waals surface area contributed by atoms with Crippen molar-refractivity contribution in [2.75, 3.05) is 0 Å². The largest absolute Gasteiger partial charge is 0.479 e. The van der Waals surface area contributed by atoms with Crippen LogP contribution in [0.5, 0.6) is 5.75 Å². The van der Waals surface area contributed by atoms with Crippen molar-refractivity contribution in [1.82, 2.24) is 0 Å². The quantitative estimate of drug-likeness (QED) is 0.822. The molecular formula is C12H12F2O5. The summed E-state index contributed by atoms with van der Waals surface area (Å²) in [6.45, 7) is -1.81. The molecule has 1 atom stereocenters. The van der Waals surface area contributed by atoms with E-state index in [1.165, 1.54) is 13.0 Å². The van der Waals surface area contributed by atoms with Crippen LogP contribution < -0.4 is 4.74 Å². The number of ketones is 1. The molecule has 104 valence electrons. The maximum atomic E-state index is 12.2. The second-order valence-corrected chi connectivity index (χ2v) is 3.87. The Balaban J connectivity index is 3.17. The first-order chi connectivity index (χ1) is 8.81. The van der Waals surface area contributed by atoms with E-state index in [0.29, 0.717) is 5.56 Å². The van der Waals surface area contributed by atoms with Crippen molar-refractivity contribution < 1.29 is 33.3 Å². The number of carbonyl (C=O) groups excluding carboxylic acids is 1. The predicted molar refractivity (Wildman–Crippen MR) is 60.1 cm³/mol. The molecule has 0 aliphatic heterocycles. The number of hydrogen-bond donors (Lipinski definition) is 2. The second-order valence-electron chi connectivity index (χ2n) is 3.87. The normalized spacial score (nSPS) is 12.3. The molecule has 19 heavy (non-hydrogen) atoms. The molecule has 0 saturated carbocycles. The zero-order chi connectivity index (χ0) is 14.6. The summed E-state index contributed by atoms with van der Waals surface area (Å²) in [5.41, 5.74) is 0.0935. The first-order valence-electron chi connectivity index (χ1n) is 5.29. The Morgan fingerprint density at radius 1 is 1.37 bits per heavy atom. The zero-order valence-electron chi connectivity index (χ0n) is 9.97. The average Bonchev–Trinajstić information content (AvgIpc) is 2.28. The summed E-state index contributed by atoms with van der Waals surface area (Å²) < 4.78 is 28.5. The number of aliphatic hydroxyl groups is 1. The third kappa shape index (κ3) is 4.29. The topological polar surface area (TPSA) is 83.8 Å². The van der Waals surface area contributed by atoms with Gasteiger partial charge in [-0.25, -0.2) is 4.79 Å². The molecule has 0 fully saturated rings. The monoisotopic (exact) mass is 274 g/mol. The predicted octanol–water partition coefficient (Wildman–Crippen LogP) is 1.54. The van der Waals surface area contributed by atoms with Gasteiger partial charge in [-0.3, -0.25) is 4.79 Å². The molecule has 7 heteroatoms. The van der Waals surface area contributed by atoms with Gasteiger partial charge in [-0.05, 0) is 24.6 Å². The Bertz CT molecular complexity index is 487. The van der Waals surface area contributed by atoms with Crippen LogP contribution in [0.25, 0.3) is 0 Å². The summed E-state index contributed by atoms with van der Waals surface area (Å²) in [6.07, 6.45) is -1.99. The van der Waals surface area contributed by atoms with Gasteiger partial charge in [0, 0.05) is 12.0 Å². The Labute approximate surface area is 107 Å². The van der Waals surface area contributed by atoms with E-state index < -0.39 is 24.4 Å². The van der Waals surface area contributed by atoms with E-state index in [1.807, 2.05) is 0 Å². The fourth-order valence-corrected chi connectivity index (χ4v) is 1.55. The zero-order valence-corrected chi connectivity index (χ0v) is 9.97. The van der Waals surface area contributed by atoms with Crippen LogP contribution in [-0.4, -0.2) is 28.6 Å². The minimum atomic E-state index is -3.14. The summed E-state index contributed by atoms with van der Waals surface area (Å²) in [4.78, 5) is 21.7. The number of Topliss-reactive ketones (excluding diaryl/α,β-unsaturated/α-hetero) is 1. The van der Waals surface area contributed by atoms with Crippen molar-refractivity contribution >= 4 is 11.8 Å². The molecule has 0 spiro atoms. The number of hydrogen-bond acceptors (Lipinski definition) is 4. The summed E-state index contributed by atoms with van der Waals surface area (Å²) in [5, 5.41) is 18.1. The fourth-order valence-electron chi connectivity index (χ4n) is 1.55. The summed E-state index contributed by atoms with van der Waals surface area (Å²) in [7, 11) is 0. The van der Waals surface area contributed by atoms with Crippen LogP contribution in [0.2, 0.25) is 0 Å². The van der Waals surface area contributed by atoms with Gasteiger partial charge in [-0.1, -0.05) is 6.07 Å². The molecule has 1 rings (SSSR count). The Kier molecular flexibility index (Phi) is 4.94.